The molecule has 0 aromatic heterocycles. The van der Waals surface area contributed by atoms with Crippen LogP contribution in [0.15, 0.2) is 59.5 Å². The Kier molecular flexibility index (Phi) is 8.22. The van der Waals surface area contributed by atoms with Gasteiger partial charge >= 0.3 is 5.97 Å². The lowest BCUT2D eigenvalue weighted by molar-refractivity contribution is -0.146. The quantitative estimate of drug-likeness (QED) is 0.528. The van der Waals surface area contributed by atoms with Crippen LogP contribution in [0.2, 0.25) is 0 Å². The summed E-state index contributed by atoms with van der Waals surface area (Å²) in [6.07, 6.45) is 1.79. The third kappa shape index (κ3) is 6.56. The van der Waals surface area contributed by atoms with E-state index in [4.69, 9.17) is 4.74 Å². The average Bonchev–Trinajstić information content (AvgIpc) is 2.66. The molecule has 2 aromatic rings. The van der Waals surface area contributed by atoms with E-state index in [9.17, 15) is 9.59 Å². The summed E-state index contributed by atoms with van der Waals surface area (Å²) in [7, 11) is 0. The van der Waals surface area contributed by atoms with Crippen LogP contribution in [0.3, 0.4) is 0 Å². The fourth-order valence-electron chi connectivity index (χ4n) is 2.57. The summed E-state index contributed by atoms with van der Waals surface area (Å²) in [5.41, 5.74) is 2.18. The van der Waals surface area contributed by atoms with E-state index < -0.39 is 0 Å². The van der Waals surface area contributed by atoms with Crippen LogP contribution in [0.4, 0.5) is 0 Å². The second-order valence-corrected chi connectivity index (χ2v) is 7.05. The van der Waals surface area contributed by atoms with Crippen molar-refractivity contribution in [1.82, 2.24) is 5.32 Å². The van der Waals surface area contributed by atoms with Crippen molar-refractivity contribution in [3.05, 3.63) is 65.7 Å². The minimum absolute atomic E-state index is 0.0613. The van der Waals surface area contributed by atoms with Gasteiger partial charge in [0.25, 0.3) is 5.91 Å². The maximum atomic E-state index is 12.1. The fraction of sp³-hybridized carbons (Fsp3) is 0.333. The summed E-state index contributed by atoms with van der Waals surface area (Å²) in [5.74, 6) is -0.475. The van der Waals surface area contributed by atoms with Gasteiger partial charge in [0.2, 0.25) is 0 Å². The van der Waals surface area contributed by atoms with Crippen molar-refractivity contribution < 1.29 is 14.3 Å². The molecule has 0 aliphatic carbocycles. The Bertz CT molecular complexity index is 718. The Labute approximate surface area is 159 Å². The van der Waals surface area contributed by atoms with E-state index in [0.29, 0.717) is 0 Å². The van der Waals surface area contributed by atoms with Crippen LogP contribution in [-0.2, 0) is 14.3 Å². The number of aryl methyl sites for hydroxylation is 1. The first-order chi connectivity index (χ1) is 12.6. The molecule has 1 atom stereocenters. The minimum Gasteiger partial charge on any atom is -0.455 e. The molecule has 0 aliphatic rings. The van der Waals surface area contributed by atoms with Gasteiger partial charge < -0.3 is 10.1 Å². The van der Waals surface area contributed by atoms with Crippen LogP contribution < -0.4 is 5.32 Å². The molecule has 26 heavy (non-hydrogen) atoms. The van der Waals surface area contributed by atoms with E-state index in [1.54, 1.807) is 0 Å². The highest BCUT2D eigenvalue weighted by molar-refractivity contribution is 8.00. The van der Waals surface area contributed by atoms with Crippen molar-refractivity contribution in [2.24, 2.45) is 0 Å². The van der Waals surface area contributed by atoms with Crippen LogP contribution in [0.25, 0.3) is 0 Å². The van der Waals surface area contributed by atoms with Gasteiger partial charge in [0, 0.05) is 4.90 Å². The molecule has 2 rings (SSSR count). The Morgan fingerprint density at radius 3 is 2.46 bits per heavy atom. The lowest BCUT2D eigenvalue weighted by Crippen LogP contribution is -2.32. The van der Waals surface area contributed by atoms with Gasteiger partial charge in [-0.05, 0) is 30.5 Å². The molecule has 0 spiro atoms. The van der Waals surface area contributed by atoms with Gasteiger partial charge in [-0.15, -0.1) is 11.8 Å². The highest BCUT2D eigenvalue weighted by atomic mass is 32.2. The van der Waals surface area contributed by atoms with Gasteiger partial charge in [-0.3, -0.25) is 9.59 Å². The number of rotatable bonds is 9. The average molecular weight is 372 g/mol. The molecule has 1 N–H and O–H groups in total. The zero-order valence-electron chi connectivity index (χ0n) is 15.2. The van der Waals surface area contributed by atoms with Crippen molar-refractivity contribution in [2.75, 3.05) is 12.4 Å². The standard InChI is InChI=1S/C21H25NO3S/c1-3-9-18(17-11-5-4-6-12-17)22-20(23)14-25-21(24)15-26-19-13-8-7-10-16(19)2/h4-8,10-13,18H,3,9,14-15H2,1-2H3,(H,22,23)/t18-/m1/s1. The van der Waals surface area contributed by atoms with E-state index >= 15 is 0 Å². The number of benzene rings is 2. The van der Waals surface area contributed by atoms with E-state index in [-0.39, 0.29) is 30.3 Å². The predicted molar refractivity (Wildman–Crippen MR) is 105 cm³/mol. The number of ether oxygens (including phenoxy) is 1. The summed E-state index contributed by atoms with van der Waals surface area (Å²) in [4.78, 5) is 25.1. The third-order valence-electron chi connectivity index (χ3n) is 3.92. The van der Waals surface area contributed by atoms with Gasteiger partial charge in [-0.25, -0.2) is 0 Å². The van der Waals surface area contributed by atoms with Crippen molar-refractivity contribution in [3.8, 4) is 0 Å². The van der Waals surface area contributed by atoms with Crippen molar-refractivity contribution in [2.45, 2.75) is 37.6 Å². The first-order valence-electron chi connectivity index (χ1n) is 8.78. The molecule has 0 heterocycles. The third-order valence-corrected chi connectivity index (χ3v) is 5.07. The van der Waals surface area contributed by atoms with Crippen molar-refractivity contribution in [3.63, 3.8) is 0 Å². The largest absolute Gasteiger partial charge is 0.455 e. The summed E-state index contributed by atoms with van der Waals surface area (Å²) in [6, 6.07) is 17.6. The Balaban J connectivity index is 1.78. The molecule has 5 heteroatoms. The molecular formula is C21H25NO3S. The van der Waals surface area contributed by atoms with Crippen LogP contribution in [0, 0.1) is 6.92 Å². The SMILES string of the molecule is CCC[C@@H](NC(=O)COC(=O)CSc1ccccc1C)c1ccccc1. The lowest BCUT2D eigenvalue weighted by atomic mass is 10.0. The van der Waals surface area contributed by atoms with Crippen LogP contribution in [-0.4, -0.2) is 24.2 Å². The van der Waals surface area contributed by atoms with E-state index in [2.05, 4.69) is 12.2 Å². The Hall–Kier alpha value is -2.27. The summed E-state index contributed by atoms with van der Waals surface area (Å²) < 4.78 is 5.11. The van der Waals surface area contributed by atoms with Gasteiger partial charge in [-0.2, -0.15) is 0 Å². The zero-order chi connectivity index (χ0) is 18.8. The van der Waals surface area contributed by atoms with Crippen molar-refractivity contribution in [1.29, 1.82) is 0 Å². The first kappa shape index (κ1) is 20.0. The van der Waals surface area contributed by atoms with E-state index in [1.165, 1.54) is 11.8 Å². The van der Waals surface area contributed by atoms with Gasteiger partial charge in [-0.1, -0.05) is 61.9 Å². The van der Waals surface area contributed by atoms with Crippen LogP contribution in [0.5, 0.6) is 0 Å². The topological polar surface area (TPSA) is 55.4 Å². The molecule has 0 fully saturated rings. The first-order valence-corrected chi connectivity index (χ1v) is 9.77. The van der Waals surface area contributed by atoms with Crippen LogP contribution in [0.1, 0.15) is 36.9 Å². The molecule has 0 aliphatic heterocycles. The molecular weight excluding hydrogens is 346 g/mol. The Morgan fingerprint density at radius 2 is 1.77 bits per heavy atom. The van der Waals surface area contributed by atoms with Crippen LogP contribution >= 0.6 is 11.8 Å². The number of hydrogen-bond acceptors (Lipinski definition) is 4. The summed E-state index contributed by atoms with van der Waals surface area (Å²) in [6.45, 7) is 3.82. The lowest BCUT2D eigenvalue weighted by Gasteiger charge is -2.18. The number of thioether (sulfide) groups is 1. The number of nitrogens with one attached hydrogen (secondary N) is 1. The molecule has 0 unspecified atom stereocenters. The predicted octanol–water partition coefficient (Wildman–Crippen LogP) is 4.29. The van der Waals surface area contributed by atoms with E-state index in [1.807, 2.05) is 61.5 Å². The smallest absolute Gasteiger partial charge is 0.316 e. The number of carbonyl (C=O) groups excluding carboxylic acids is 2. The molecule has 2 aromatic carbocycles. The number of amides is 1. The molecule has 0 bridgehead atoms. The van der Waals surface area contributed by atoms with Gasteiger partial charge in [0.15, 0.2) is 6.61 Å². The van der Waals surface area contributed by atoms with Gasteiger partial charge in [0.1, 0.15) is 0 Å². The number of hydrogen-bond donors (Lipinski definition) is 1. The summed E-state index contributed by atoms with van der Waals surface area (Å²) >= 11 is 1.42. The number of esters is 1. The minimum atomic E-state index is -0.389. The monoisotopic (exact) mass is 371 g/mol. The second kappa shape index (κ2) is 10.7. The molecule has 0 saturated heterocycles. The normalized spacial score (nSPS) is 11.6. The molecule has 138 valence electrons. The highest BCUT2D eigenvalue weighted by Gasteiger charge is 2.15. The molecule has 1 amide bonds. The summed E-state index contributed by atoms with van der Waals surface area (Å²) in [5, 5.41) is 2.95. The number of carbonyl (C=O) groups is 2. The highest BCUT2D eigenvalue weighted by Crippen LogP contribution is 2.21. The van der Waals surface area contributed by atoms with Crippen molar-refractivity contribution >= 4 is 23.6 Å². The molecule has 0 radical (unpaired) electrons. The second-order valence-electron chi connectivity index (χ2n) is 6.03. The van der Waals surface area contributed by atoms with E-state index in [0.717, 1.165) is 28.9 Å². The maximum absolute atomic E-state index is 12.1. The zero-order valence-corrected chi connectivity index (χ0v) is 16.1. The maximum Gasteiger partial charge on any atom is 0.316 e. The fourth-order valence-corrected chi connectivity index (χ4v) is 3.40. The molecule has 4 nitrogen and oxygen atoms in total. The molecule has 0 saturated carbocycles. The van der Waals surface area contributed by atoms with Gasteiger partial charge in [0.05, 0.1) is 11.8 Å². The Morgan fingerprint density at radius 1 is 1.08 bits per heavy atom.